The second kappa shape index (κ2) is 16.7. The van der Waals surface area contributed by atoms with E-state index >= 15 is 0 Å². The predicted molar refractivity (Wildman–Crippen MR) is 12.1 cm³/mol. The molecular formula is C2K3MnO8. The number of carboxylic acid groups (broad SMARTS) is 2. The van der Waals surface area contributed by atoms with E-state index in [0.29, 0.717) is 0 Å². The van der Waals surface area contributed by atoms with Gasteiger partial charge in [0.25, 0.3) is 0 Å². The van der Waals surface area contributed by atoms with Gasteiger partial charge in [0.1, 0.15) is 0 Å². The van der Waals surface area contributed by atoms with Gasteiger partial charge >= 0.3 is 183 Å². The Labute approximate surface area is 208 Å². The molecule has 0 aromatic carbocycles. The Balaban J connectivity index is -0.0000000321. The quantitative estimate of drug-likeness (QED) is 0.314. The number of rotatable bonds is 0. The van der Waals surface area contributed by atoms with E-state index in [1.165, 1.54) is 0 Å². The van der Waals surface area contributed by atoms with Gasteiger partial charge < -0.3 is 19.8 Å². The molecule has 0 atom stereocenters. The number of hydrogen-bond acceptors (Lipinski definition) is 8. The molecule has 0 unspecified atom stereocenters. The van der Waals surface area contributed by atoms with Gasteiger partial charge in [0, 0.05) is 0 Å². The van der Waals surface area contributed by atoms with Crippen LogP contribution in [0.1, 0.15) is 0 Å². The molecule has 0 radical (unpaired) electrons. The molecule has 0 saturated carbocycles. The minimum absolute atomic E-state index is 0. The molecule has 0 amide bonds. The molecule has 0 aliphatic rings. The Morgan fingerprint density at radius 1 is 0.786 bits per heavy atom. The first-order valence-corrected chi connectivity index (χ1v) is 3.61. The third-order valence-corrected chi connectivity index (χ3v) is 0.167. The van der Waals surface area contributed by atoms with Crippen LogP contribution in [0.3, 0.4) is 0 Å². The van der Waals surface area contributed by atoms with Gasteiger partial charge in [0.15, 0.2) is 0 Å². The molecule has 0 heterocycles. The molecule has 8 nitrogen and oxygen atoms in total. The van der Waals surface area contributed by atoms with Gasteiger partial charge in [0.05, 0.1) is 11.9 Å². The topological polar surface area (TPSA) is 155 Å². The third-order valence-electron chi connectivity index (χ3n) is 0.167. The van der Waals surface area contributed by atoms with Gasteiger partial charge in [-0.15, -0.1) is 0 Å². The summed E-state index contributed by atoms with van der Waals surface area (Å²) >= 11 is -5.62. The minimum atomic E-state index is -5.62. The molecule has 0 aliphatic carbocycles. The fraction of sp³-hybridized carbons (Fsp3) is 0. The van der Waals surface area contributed by atoms with Crippen molar-refractivity contribution in [2.75, 3.05) is 0 Å². The SMILES string of the molecule is O=C([O-])C(=O)[O-].[K+].[K+].[K+].[O]=[Mn](=[O])(=[O])[O-]. The molecule has 0 aromatic heterocycles. The summed E-state index contributed by atoms with van der Waals surface area (Å²) in [6, 6.07) is 0. The van der Waals surface area contributed by atoms with Crippen LogP contribution in [0.25, 0.3) is 0 Å². The number of carbonyl (C=O) groups excluding carboxylic acids is 2. The second-order valence-electron chi connectivity index (χ2n) is 0.953. The van der Waals surface area contributed by atoms with Gasteiger partial charge in [-0.05, 0) is 0 Å². The fourth-order valence-corrected chi connectivity index (χ4v) is 0. The maximum atomic E-state index is 8.93. The zero-order valence-electron chi connectivity index (χ0n) is 7.64. The summed E-state index contributed by atoms with van der Waals surface area (Å²) in [6.07, 6.45) is 0. The first-order chi connectivity index (χ1) is 4.64. The van der Waals surface area contributed by atoms with Crippen LogP contribution in [0.15, 0.2) is 0 Å². The average Bonchev–Trinajstić information content (AvgIpc) is 1.59. The summed E-state index contributed by atoms with van der Waals surface area (Å²) in [5, 5.41) is 17.9. The Kier molecular flexibility index (Phi) is 36.6. The molecule has 0 spiro atoms. The summed E-state index contributed by atoms with van der Waals surface area (Å²) in [7, 11) is 0. The summed E-state index contributed by atoms with van der Waals surface area (Å²) in [6.45, 7) is 0. The average molecular weight is 324 g/mol. The predicted octanol–water partition coefficient (Wildman–Crippen LogP) is -14.0. The van der Waals surface area contributed by atoms with Crippen molar-refractivity contribution in [2.45, 2.75) is 0 Å². The monoisotopic (exact) mass is 324 g/mol. The van der Waals surface area contributed by atoms with E-state index in [4.69, 9.17) is 35.5 Å². The number of carboxylic acids is 2. The Morgan fingerprint density at radius 3 is 0.857 bits per heavy atom. The summed E-state index contributed by atoms with van der Waals surface area (Å²) in [5.41, 5.74) is 0. The summed E-state index contributed by atoms with van der Waals surface area (Å²) in [5.74, 6) is -4.37. The van der Waals surface area contributed by atoms with Crippen molar-refractivity contribution < 1.29 is 203 Å². The zero-order chi connectivity index (χ0) is 9.65. The number of hydrogen-bond donors (Lipinski definition) is 0. The van der Waals surface area contributed by atoms with Crippen LogP contribution in [-0.4, -0.2) is 11.9 Å². The molecule has 0 aromatic rings. The summed E-state index contributed by atoms with van der Waals surface area (Å²) < 4.78 is 34.3. The Bertz CT molecular complexity index is 272. The van der Waals surface area contributed by atoms with Crippen LogP contribution in [0.5, 0.6) is 0 Å². The van der Waals surface area contributed by atoms with Gasteiger partial charge in [-0.2, -0.15) is 0 Å². The fourth-order valence-electron chi connectivity index (χ4n) is 0. The molecule has 14 heavy (non-hydrogen) atoms. The molecule has 0 rings (SSSR count). The second-order valence-corrected chi connectivity index (χ2v) is 2.13. The van der Waals surface area contributed by atoms with Crippen molar-refractivity contribution in [3.63, 3.8) is 0 Å². The maximum absolute atomic E-state index is 8.93. The number of carbonyl (C=O) groups is 2. The molecule has 0 N–H and O–H groups in total. The van der Waals surface area contributed by atoms with Crippen LogP contribution in [0.2, 0.25) is 0 Å². The van der Waals surface area contributed by atoms with Crippen LogP contribution in [0, 0.1) is 0 Å². The molecule has 66 valence electrons. The molecule has 0 bridgehead atoms. The van der Waals surface area contributed by atoms with Gasteiger partial charge in [-0.1, -0.05) is 0 Å². The van der Waals surface area contributed by atoms with Gasteiger partial charge in [-0.3, -0.25) is 0 Å². The van der Waals surface area contributed by atoms with Crippen LogP contribution < -0.4 is 169 Å². The van der Waals surface area contributed by atoms with E-state index in [1.54, 1.807) is 0 Å². The first kappa shape index (κ1) is 30.6. The van der Waals surface area contributed by atoms with E-state index in [2.05, 4.69) is 0 Å². The standard InChI is InChI=1S/C2H2O4.3K.Mn.4O/c3-1(4)2(5)6;;;;;;;;/h(H,3,4)(H,5,6);;;;;;;;/q;3*+1;;;;;-1/p-2. The third kappa shape index (κ3) is 57.1. The van der Waals surface area contributed by atoms with Crippen molar-refractivity contribution in [1.82, 2.24) is 0 Å². The van der Waals surface area contributed by atoms with E-state index in [-0.39, 0.29) is 154 Å². The molecular weight excluding hydrogens is 324 g/mol. The zero-order valence-corrected chi connectivity index (χ0v) is 18.2. The van der Waals surface area contributed by atoms with Crippen molar-refractivity contribution in [2.24, 2.45) is 0 Å². The molecule has 0 aliphatic heterocycles. The van der Waals surface area contributed by atoms with Crippen LogP contribution in [0.4, 0.5) is 0 Å². The Hall–Kier alpha value is 3.73. The van der Waals surface area contributed by atoms with E-state index in [9.17, 15) is 0 Å². The van der Waals surface area contributed by atoms with Gasteiger partial charge in [0.2, 0.25) is 0 Å². The van der Waals surface area contributed by atoms with Crippen molar-refractivity contribution in [1.29, 1.82) is 0 Å². The van der Waals surface area contributed by atoms with E-state index in [0.717, 1.165) is 0 Å². The first-order valence-electron chi connectivity index (χ1n) is 1.68. The van der Waals surface area contributed by atoms with Crippen molar-refractivity contribution in [3.05, 3.63) is 0 Å². The number of aliphatic carboxylic acids is 2. The van der Waals surface area contributed by atoms with E-state index < -0.39 is 24.9 Å². The van der Waals surface area contributed by atoms with Crippen LogP contribution >= 0.6 is 0 Å². The van der Waals surface area contributed by atoms with Gasteiger partial charge in [-0.25, -0.2) is 0 Å². The summed E-state index contributed by atoms with van der Waals surface area (Å²) in [4.78, 5) is 17.9. The van der Waals surface area contributed by atoms with Crippen molar-refractivity contribution >= 4 is 11.9 Å². The Morgan fingerprint density at radius 2 is 0.857 bits per heavy atom. The van der Waals surface area contributed by atoms with Crippen molar-refractivity contribution in [3.8, 4) is 0 Å². The molecule has 0 saturated heterocycles. The van der Waals surface area contributed by atoms with Crippen LogP contribution in [-0.2, 0) is 34.1 Å². The molecule has 0 fully saturated rings. The normalized spacial score (nSPS) is 7.21. The van der Waals surface area contributed by atoms with E-state index in [1.807, 2.05) is 0 Å². The molecule has 12 heteroatoms.